The molecule has 7 heteroatoms. The summed E-state index contributed by atoms with van der Waals surface area (Å²) < 4.78 is 13.0. The first-order valence-electron chi connectivity index (χ1n) is 9.56. The van der Waals surface area contributed by atoms with Crippen LogP contribution in [0, 0.1) is 12.7 Å². The van der Waals surface area contributed by atoms with Gasteiger partial charge >= 0.3 is 0 Å². The number of aromatic nitrogens is 2. The monoisotopic (exact) mass is 391 g/mol. The number of amides is 1. The van der Waals surface area contributed by atoms with Gasteiger partial charge in [-0.05, 0) is 55.5 Å². The minimum Gasteiger partial charge on any atom is -0.352 e. The Morgan fingerprint density at radius 2 is 1.59 bits per heavy atom. The predicted molar refractivity (Wildman–Crippen MR) is 111 cm³/mol. The van der Waals surface area contributed by atoms with Crippen molar-refractivity contribution in [1.29, 1.82) is 0 Å². The van der Waals surface area contributed by atoms with Gasteiger partial charge in [0.05, 0.1) is 0 Å². The maximum atomic E-state index is 13.0. The zero-order valence-electron chi connectivity index (χ0n) is 16.2. The van der Waals surface area contributed by atoms with Crippen LogP contribution < -0.4 is 10.2 Å². The van der Waals surface area contributed by atoms with Gasteiger partial charge in [-0.1, -0.05) is 17.7 Å². The molecule has 0 spiro atoms. The second kappa shape index (κ2) is 8.26. The zero-order valence-corrected chi connectivity index (χ0v) is 16.2. The van der Waals surface area contributed by atoms with Crippen LogP contribution >= 0.6 is 0 Å². The molecule has 1 saturated heterocycles. The number of nitrogens with zero attached hydrogens (tertiary/aromatic N) is 4. The number of hydrogen-bond donors (Lipinski definition) is 1. The van der Waals surface area contributed by atoms with E-state index in [0.717, 1.165) is 11.5 Å². The Morgan fingerprint density at radius 1 is 0.897 bits per heavy atom. The van der Waals surface area contributed by atoms with E-state index in [1.165, 1.54) is 29.8 Å². The normalized spacial score (nSPS) is 14.0. The molecule has 3 aromatic rings. The quantitative estimate of drug-likeness (QED) is 0.736. The first kappa shape index (κ1) is 18.9. The van der Waals surface area contributed by atoms with E-state index in [1.807, 2.05) is 43.3 Å². The predicted octanol–water partition coefficient (Wildman–Crippen LogP) is 3.63. The van der Waals surface area contributed by atoms with Gasteiger partial charge in [-0.2, -0.15) is 0 Å². The highest BCUT2D eigenvalue weighted by Gasteiger charge is 2.23. The van der Waals surface area contributed by atoms with E-state index in [9.17, 15) is 9.18 Å². The lowest BCUT2D eigenvalue weighted by atomic mass is 10.2. The third-order valence-electron chi connectivity index (χ3n) is 4.96. The maximum absolute atomic E-state index is 13.0. The number of aryl methyl sites for hydroxylation is 1. The SMILES string of the molecule is Cc1ccc(Nc2ccc(N3CCN(C(=O)c4ccc(F)cc4)CC3)nn2)cc1. The Labute approximate surface area is 169 Å². The molecule has 0 aliphatic carbocycles. The molecule has 1 N–H and O–H groups in total. The number of carbonyl (C=O) groups excluding carboxylic acids is 1. The van der Waals surface area contributed by atoms with Gasteiger partial charge in [0.2, 0.25) is 0 Å². The van der Waals surface area contributed by atoms with Gasteiger partial charge in [0.25, 0.3) is 5.91 Å². The van der Waals surface area contributed by atoms with Crippen molar-refractivity contribution in [3.8, 4) is 0 Å². The van der Waals surface area contributed by atoms with Crippen LogP contribution in [-0.4, -0.2) is 47.2 Å². The third kappa shape index (κ3) is 4.51. The summed E-state index contributed by atoms with van der Waals surface area (Å²) in [4.78, 5) is 16.4. The molecule has 148 valence electrons. The van der Waals surface area contributed by atoms with Gasteiger partial charge in [0.1, 0.15) is 5.82 Å². The average molecular weight is 391 g/mol. The van der Waals surface area contributed by atoms with Crippen LogP contribution in [-0.2, 0) is 0 Å². The summed E-state index contributed by atoms with van der Waals surface area (Å²) in [5.41, 5.74) is 2.67. The molecule has 0 saturated carbocycles. The van der Waals surface area contributed by atoms with Crippen LogP contribution in [0.4, 0.5) is 21.7 Å². The standard InChI is InChI=1S/C22H22FN5O/c1-16-2-8-19(9-3-16)24-20-10-11-21(26-25-20)27-12-14-28(15-13-27)22(29)17-4-6-18(23)7-5-17/h2-11H,12-15H2,1H3,(H,24,25). The molecule has 2 aromatic carbocycles. The van der Waals surface area contributed by atoms with Crippen molar-refractivity contribution in [1.82, 2.24) is 15.1 Å². The van der Waals surface area contributed by atoms with Crippen molar-refractivity contribution in [3.63, 3.8) is 0 Å². The topological polar surface area (TPSA) is 61.4 Å². The van der Waals surface area contributed by atoms with E-state index < -0.39 is 0 Å². The van der Waals surface area contributed by atoms with Crippen molar-refractivity contribution < 1.29 is 9.18 Å². The number of nitrogens with one attached hydrogen (secondary N) is 1. The maximum Gasteiger partial charge on any atom is 0.253 e. The number of benzene rings is 2. The van der Waals surface area contributed by atoms with Crippen molar-refractivity contribution in [3.05, 3.63) is 77.6 Å². The van der Waals surface area contributed by atoms with Crippen LogP contribution in [0.1, 0.15) is 15.9 Å². The van der Waals surface area contributed by atoms with Crippen molar-refractivity contribution >= 4 is 23.2 Å². The highest BCUT2D eigenvalue weighted by molar-refractivity contribution is 5.94. The molecule has 1 aromatic heterocycles. The minimum absolute atomic E-state index is 0.0756. The molecule has 4 rings (SSSR count). The molecule has 1 aliphatic heterocycles. The van der Waals surface area contributed by atoms with Gasteiger partial charge in [0, 0.05) is 37.4 Å². The molecule has 29 heavy (non-hydrogen) atoms. The number of rotatable bonds is 4. The van der Waals surface area contributed by atoms with Crippen LogP contribution in [0.25, 0.3) is 0 Å². The first-order chi connectivity index (χ1) is 14.1. The largest absolute Gasteiger partial charge is 0.352 e. The van der Waals surface area contributed by atoms with E-state index >= 15 is 0 Å². The fourth-order valence-corrected chi connectivity index (χ4v) is 3.26. The van der Waals surface area contributed by atoms with E-state index in [2.05, 4.69) is 20.4 Å². The molecular formula is C22H22FN5O. The number of carbonyl (C=O) groups is 1. The second-order valence-electron chi connectivity index (χ2n) is 7.05. The van der Waals surface area contributed by atoms with Crippen LogP contribution in [0.2, 0.25) is 0 Å². The van der Waals surface area contributed by atoms with Crippen LogP contribution in [0.5, 0.6) is 0 Å². The summed E-state index contributed by atoms with van der Waals surface area (Å²) in [6.07, 6.45) is 0. The van der Waals surface area contributed by atoms with Gasteiger partial charge in [0.15, 0.2) is 11.6 Å². The highest BCUT2D eigenvalue weighted by atomic mass is 19.1. The van der Waals surface area contributed by atoms with E-state index in [1.54, 1.807) is 4.90 Å². The third-order valence-corrected chi connectivity index (χ3v) is 4.96. The fourth-order valence-electron chi connectivity index (χ4n) is 3.26. The Morgan fingerprint density at radius 3 is 2.21 bits per heavy atom. The Balaban J connectivity index is 1.34. The van der Waals surface area contributed by atoms with Crippen LogP contribution in [0.15, 0.2) is 60.7 Å². The summed E-state index contributed by atoms with van der Waals surface area (Å²) >= 11 is 0. The van der Waals surface area contributed by atoms with Crippen molar-refractivity contribution in [2.45, 2.75) is 6.92 Å². The fraction of sp³-hybridized carbons (Fsp3) is 0.227. The minimum atomic E-state index is -0.342. The molecular weight excluding hydrogens is 369 g/mol. The van der Waals surface area contributed by atoms with E-state index in [4.69, 9.17) is 0 Å². The number of anilines is 3. The van der Waals surface area contributed by atoms with Crippen molar-refractivity contribution in [2.75, 3.05) is 36.4 Å². The molecule has 0 bridgehead atoms. The molecule has 2 heterocycles. The average Bonchev–Trinajstić information content (AvgIpc) is 2.76. The molecule has 1 fully saturated rings. The Hall–Kier alpha value is -3.48. The summed E-state index contributed by atoms with van der Waals surface area (Å²) in [6, 6.07) is 17.6. The van der Waals surface area contributed by atoms with E-state index in [-0.39, 0.29) is 11.7 Å². The molecule has 1 amide bonds. The molecule has 0 radical (unpaired) electrons. The van der Waals surface area contributed by atoms with Gasteiger partial charge in [-0.25, -0.2) is 4.39 Å². The zero-order chi connectivity index (χ0) is 20.2. The molecule has 0 unspecified atom stereocenters. The lowest BCUT2D eigenvalue weighted by Crippen LogP contribution is -2.49. The molecule has 1 aliphatic rings. The van der Waals surface area contributed by atoms with Gasteiger partial charge in [-0.15, -0.1) is 10.2 Å². The Kier molecular flexibility index (Phi) is 5.37. The summed E-state index contributed by atoms with van der Waals surface area (Å²) in [7, 11) is 0. The number of hydrogen-bond acceptors (Lipinski definition) is 5. The lowest BCUT2D eigenvalue weighted by molar-refractivity contribution is 0.0746. The van der Waals surface area contributed by atoms with Gasteiger partial charge in [-0.3, -0.25) is 4.79 Å². The van der Waals surface area contributed by atoms with Crippen LogP contribution in [0.3, 0.4) is 0 Å². The number of piperazine rings is 1. The smallest absolute Gasteiger partial charge is 0.253 e. The number of halogens is 1. The summed E-state index contributed by atoms with van der Waals surface area (Å²) in [5.74, 6) is 1.05. The highest BCUT2D eigenvalue weighted by Crippen LogP contribution is 2.18. The van der Waals surface area contributed by atoms with Gasteiger partial charge < -0.3 is 15.1 Å². The Bertz CT molecular complexity index is 966. The molecule has 0 atom stereocenters. The molecule has 6 nitrogen and oxygen atoms in total. The second-order valence-corrected chi connectivity index (χ2v) is 7.05. The summed E-state index contributed by atoms with van der Waals surface area (Å²) in [6.45, 7) is 4.56. The van der Waals surface area contributed by atoms with Crippen molar-refractivity contribution in [2.24, 2.45) is 0 Å². The first-order valence-corrected chi connectivity index (χ1v) is 9.56. The lowest BCUT2D eigenvalue weighted by Gasteiger charge is -2.35. The van der Waals surface area contributed by atoms with E-state index in [0.29, 0.717) is 37.6 Å². The summed E-state index contributed by atoms with van der Waals surface area (Å²) in [5, 5.41) is 11.8.